The minimum atomic E-state index is -3.88. The monoisotopic (exact) mass is 271 g/mol. The number of carbonyl (C=O) groups excluding carboxylic acids is 2. The van der Waals surface area contributed by atoms with E-state index in [9.17, 15) is 18.0 Å². The maximum absolute atomic E-state index is 11.6. The highest BCUT2D eigenvalue weighted by atomic mass is 32.2. The third-order valence-corrected chi connectivity index (χ3v) is 3.08. The number of sulfonamides is 1. The van der Waals surface area contributed by atoms with E-state index in [0.29, 0.717) is 5.56 Å². The number of carbonyl (C=O) groups is 2. The van der Waals surface area contributed by atoms with E-state index in [2.05, 4.69) is 0 Å². The van der Waals surface area contributed by atoms with Crippen LogP contribution in [0.1, 0.15) is 22.8 Å². The van der Waals surface area contributed by atoms with Gasteiger partial charge in [0.2, 0.25) is 10.0 Å². The lowest BCUT2D eigenvalue weighted by Gasteiger charge is -2.07. The van der Waals surface area contributed by atoms with Crippen LogP contribution in [-0.4, -0.2) is 26.8 Å². The fraction of sp³-hybridized carbons (Fsp3) is 0.273. The number of hydrogen-bond donors (Lipinski definition) is 1. The van der Waals surface area contributed by atoms with E-state index in [1.165, 1.54) is 19.1 Å². The van der Waals surface area contributed by atoms with Gasteiger partial charge < -0.3 is 4.74 Å². The number of ketones is 1. The molecule has 0 radical (unpaired) electrons. The number of ether oxygens (including phenoxy) is 1. The first-order chi connectivity index (χ1) is 8.21. The summed E-state index contributed by atoms with van der Waals surface area (Å²) in [5.41, 5.74) is 0.610. The molecule has 0 saturated heterocycles. The van der Waals surface area contributed by atoms with Crippen molar-refractivity contribution >= 4 is 21.8 Å². The number of hydrogen-bond acceptors (Lipinski definition) is 5. The summed E-state index contributed by atoms with van der Waals surface area (Å²) in [7, 11) is -3.88. The van der Waals surface area contributed by atoms with E-state index in [0.717, 1.165) is 6.07 Å². The van der Waals surface area contributed by atoms with Crippen molar-refractivity contribution in [1.29, 1.82) is 0 Å². The van der Waals surface area contributed by atoms with Crippen molar-refractivity contribution in [2.24, 2.45) is 5.14 Å². The third-order valence-electron chi connectivity index (χ3n) is 2.16. The minimum Gasteiger partial charge on any atom is -0.454 e. The average molecular weight is 271 g/mol. The van der Waals surface area contributed by atoms with Crippen molar-refractivity contribution in [2.45, 2.75) is 18.7 Å². The maximum Gasteiger partial charge on any atom is 0.338 e. The predicted molar refractivity (Wildman–Crippen MR) is 63.5 cm³/mol. The summed E-state index contributed by atoms with van der Waals surface area (Å²) in [6.07, 6.45) is 0. The van der Waals surface area contributed by atoms with Gasteiger partial charge in [0.1, 0.15) is 6.61 Å². The zero-order valence-electron chi connectivity index (χ0n) is 9.97. The van der Waals surface area contributed by atoms with Gasteiger partial charge in [0.25, 0.3) is 0 Å². The molecule has 0 aliphatic rings. The van der Waals surface area contributed by atoms with E-state index in [-0.39, 0.29) is 22.8 Å². The van der Waals surface area contributed by atoms with Gasteiger partial charge in [0, 0.05) is 0 Å². The lowest BCUT2D eigenvalue weighted by atomic mass is 10.1. The topological polar surface area (TPSA) is 104 Å². The van der Waals surface area contributed by atoms with Gasteiger partial charge in [-0.25, -0.2) is 18.4 Å². The van der Waals surface area contributed by atoms with E-state index in [4.69, 9.17) is 9.88 Å². The summed E-state index contributed by atoms with van der Waals surface area (Å²) in [4.78, 5) is 22.2. The Morgan fingerprint density at radius 2 is 1.94 bits per heavy atom. The predicted octanol–water partition coefficient (Wildman–Crippen LogP) is 0.388. The van der Waals surface area contributed by atoms with Gasteiger partial charge in [-0.15, -0.1) is 0 Å². The van der Waals surface area contributed by atoms with E-state index in [1.807, 2.05) is 0 Å². The molecule has 6 nitrogen and oxygen atoms in total. The largest absolute Gasteiger partial charge is 0.454 e. The molecule has 0 aliphatic heterocycles. The number of esters is 1. The summed E-state index contributed by atoms with van der Waals surface area (Å²) in [5.74, 6) is -1.06. The molecule has 0 heterocycles. The molecule has 1 rings (SSSR count). The molecule has 0 saturated carbocycles. The molecule has 0 amide bonds. The van der Waals surface area contributed by atoms with E-state index >= 15 is 0 Å². The Bertz CT molecular complexity index is 591. The highest BCUT2D eigenvalue weighted by molar-refractivity contribution is 7.89. The quantitative estimate of drug-likeness (QED) is 0.798. The van der Waals surface area contributed by atoms with Crippen LogP contribution in [0.3, 0.4) is 0 Å². The fourth-order valence-corrected chi connectivity index (χ4v) is 1.78. The van der Waals surface area contributed by atoms with Crippen LogP contribution in [0, 0.1) is 6.92 Å². The zero-order chi connectivity index (χ0) is 13.9. The highest BCUT2D eigenvalue weighted by Crippen LogP contribution is 2.15. The van der Waals surface area contributed by atoms with Crippen LogP contribution >= 0.6 is 0 Å². The summed E-state index contributed by atoms with van der Waals surface area (Å²) in [5, 5.41) is 4.96. The van der Waals surface area contributed by atoms with Crippen LogP contribution < -0.4 is 5.14 Å². The second-order valence-corrected chi connectivity index (χ2v) is 5.36. The number of nitrogens with two attached hydrogens (primary N) is 1. The Kier molecular flexibility index (Phi) is 4.20. The van der Waals surface area contributed by atoms with Crippen molar-refractivity contribution < 1.29 is 22.7 Å². The molecule has 18 heavy (non-hydrogen) atoms. The number of benzene rings is 1. The van der Waals surface area contributed by atoms with Crippen LogP contribution in [0.2, 0.25) is 0 Å². The highest BCUT2D eigenvalue weighted by Gasteiger charge is 2.16. The molecular weight excluding hydrogens is 258 g/mol. The molecule has 0 unspecified atom stereocenters. The molecule has 0 aliphatic carbocycles. The fourth-order valence-electron chi connectivity index (χ4n) is 1.24. The Labute approximate surface area is 105 Å². The molecular formula is C11H13NO5S. The normalized spacial score (nSPS) is 11.1. The van der Waals surface area contributed by atoms with Crippen LogP contribution in [0.25, 0.3) is 0 Å². The molecule has 2 N–H and O–H groups in total. The zero-order valence-corrected chi connectivity index (χ0v) is 10.8. The standard InChI is InChI=1S/C11H13NO5S/c1-7-3-4-9(18(12,15)16)5-10(7)11(14)17-6-8(2)13/h3-5H,6H2,1-2H3,(H2,12,15,16). The third kappa shape index (κ3) is 3.64. The Morgan fingerprint density at radius 3 is 2.44 bits per heavy atom. The lowest BCUT2D eigenvalue weighted by molar-refractivity contribution is -0.120. The number of aryl methyl sites for hydroxylation is 1. The van der Waals surface area contributed by atoms with Crippen molar-refractivity contribution in [3.63, 3.8) is 0 Å². The van der Waals surface area contributed by atoms with E-state index in [1.54, 1.807) is 6.92 Å². The molecule has 1 aromatic rings. The Balaban J connectivity index is 3.08. The molecule has 7 heteroatoms. The molecule has 0 fully saturated rings. The number of rotatable bonds is 4. The smallest absolute Gasteiger partial charge is 0.338 e. The maximum atomic E-state index is 11.6. The molecule has 0 spiro atoms. The molecule has 1 aromatic carbocycles. The van der Waals surface area contributed by atoms with Gasteiger partial charge in [-0.05, 0) is 31.5 Å². The Hall–Kier alpha value is -1.73. The SMILES string of the molecule is CC(=O)COC(=O)c1cc(S(N)(=O)=O)ccc1C. The van der Waals surface area contributed by atoms with Crippen LogP contribution in [-0.2, 0) is 19.6 Å². The summed E-state index contributed by atoms with van der Waals surface area (Å²) < 4.78 is 27.0. The number of primary sulfonamides is 1. The van der Waals surface area contributed by atoms with Gasteiger partial charge in [-0.1, -0.05) is 6.07 Å². The van der Waals surface area contributed by atoms with Crippen LogP contribution in [0.15, 0.2) is 23.1 Å². The molecule has 98 valence electrons. The molecule has 0 aromatic heterocycles. The first-order valence-electron chi connectivity index (χ1n) is 5.02. The molecule has 0 atom stereocenters. The van der Waals surface area contributed by atoms with Crippen molar-refractivity contribution in [3.8, 4) is 0 Å². The van der Waals surface area contributed by atoms with E-state index < -0.39 is 16.0 Å². The average Bonchev–Trinajstić information content (AvgIpc) is 2.24. The first-order valence-corrected chi connectivity index (χ1v) is 6.56. The lowest BCUT2D eigenvalue weighted by Crippen LogP contribution is -2.16. The van der Waals surface area contributed by atoms with Gasteiger partial charge >= 0.3 is 5.97 Å². The number of Topliss-reactive ketones (excluding diaryl/α,β-unsaturated/α-hetero) is 1. The molecule has 0 bridgehead atoms. The first kappa shape index (κ1) is 14.3. The Morgan fingerprint density at radius 1 is 1.33 bits per heavy atom. The van der Waals surface area contributed by atoms with Crippen molar-refractivity contribution in [2.75, 3.05) is 6.61 Å². The van der Waals surface area contributed by atoms with Gasteiger partial charge in [0.15, 0.2) is 5.78 Å². The van der Waals surface area contributed by atoms with Crippen LogP contribution in [0.4, 0.5) is 0 Å². The van der Waals surface area contributed by atoms with Gasteiger partial charge in [0.05, 0.1) is 10.5 Å². The van der Waals surface area contributed by atoms with Crippen molar-refractivity contribution in [1.82, 2.24) is 0 Å². The minimum absolute atomic E-state index is 0.0720. The van der Waals surface area contributed by atoms with Gasteiger partial charge in [-0.3, -0.25) is 4.79 Å². The summed E-state index contributed by atoms with van der Waals surface area (Å²) >= 11 is 0. The van der Waals surface area contributed by atoms with Crippen LogP contribution in [0.5, 0.6) is 0 Å². The van der Waals surface area contributed by atoms with Gasteiger partial charge in [-0.2, -0.15) is 0 Å². The summed E-state index contributed by atoms with van der Waals surface area (Å²) in [6.45, 7) is 2.55. The van der Waals surface area contributed by atoms with Crippen molar-refractivity contribution in [3.05, 3.63) is 29.3 Å². The second kappa shape index (κ2) is 5.28. The summed E-state index contributed by atoms with van der Waals surface area (Å²) in [6, 6.07) is 3.88. The second-order valence-electron chi connectivity index (χ2n) is 3.80.